The average molecular weight is 363 g/mol. The maximum absolute atomic E-state index is 11.6. The van der Waals surface area contributed by atoms with Crippen molar-refractivity contribution in [2.24, 2.45) is 0 Å². The van der Waals surface area contributed by atoms with Gasteiger partial charge < -0.3 is 4.74 Å². The molecular weight excluding hydrogens is 354 g/mol. The molecule has 2 rings (SSSR count). The molecule has 0 spiro atoms. The first kappa shape index (κ1) is 14.2. The minimum atomic E-state index is -0.294. The van der Waals surface area contributed by atoms with Crippen molar-refractivity contribution >= 4 is 49.9 Å². The van der Waals surface area contributed by atoms with Crippen LogP contribution in [0.4, 0.5) is 5.13 Å². The predicted octanol–water partition coefficient (Wildman–Crippen LogP) is 3.28. The minimum absolute atomic E-state index is 0.112. The van der Waals surface area contributed by atoms with Crippen LogP contribution in [0, 0.1) is 6.92 Å². The van der Waals surface area contributed by atoms with Crippen LogP contribution in [-0.2, 0) is 4.79 Å². The molecule has 0 aliphatic rings. The van der Waals surface area contributed by atoms with E-state index < -0.39 is 0 Å². The Morgan fingerprint density at radius 2 is 2.32 bits per heavy atom. The maximum Gasteiger partial charge on any atom is 0.264 e. The lowest BCUT2D eigenvalue weighted by Gasteiger charge is -2.07. The van der Waals surface area contributed by atoms with Gasteiger partial charge in [0.25, 0.3) is 5.91 Å². The predicted molar refractivity (Wildman–Crippen MR) is 77.9 cm³/mol. The molecule has 0 saturated carbocycles. The molecule has 0 radical (unpaired) electrons. The Balaban J connectivity index is 1.89. The van der Waals surface area contributed by atoms with E-state index in [0.717, 1.165) is 5.01 Å². The Morgan fingerprint density at radius 1 is 1.53 bits per heavy atom. The third-order valence-electron chi connectivity index (χ3n) is 2.03. The molecule has 19 heavy (non-hydrogen) atoms. The lowest BCUT2D eigenvalue weighted by molar-refractivity contribution is -0.118. The summed E-state index contributed by atoms with van der Waals surface area (Å²) in [6.07, 6.45) is 0. The molecule has 0 unspecified atom stereocenters. The van der Waals surface area contributed by atoms with E-state index in [9.17, 15) is 4.79 Å². The number of aryl methyl sites for hydroxylation is 1. The number of amides is 1. The number of carbonyl (C=O) groups is 1. The first-order valence-corrected chi connectivity index (χ1v) is 7.21. The third kappa shape index (κ3) is 4.15. The van der Waals surface area contributed by atoms with E-state index in [4.69, 9.17) is 16.3 Å². The van der Waals surface area contributed by atoms with Crippen molar-refractivity contribution < 1.29 is 9.53 Å². The molecular formula is C11H9BrClN3O2S. The summed E-state index contributed by atoms with van der Waals surface area (Å²) in [6, 6.07) is 5.07. The van der Waals surface area contributed by atoms with Gasteiger partial charge in [0, 0.05) is 5.02 Å². The number of rotatable bonds is 4. The molecule has 1 N–H and O–H groups in total. The van der Waals surface area contributed by atoms with E-state index in [1.165, 1.54) is 11.3 Å². The number of hydrogen-bond donors (Lipinski definition) is 1. The van der Waals surface area contributed by atoms with Gasteiger partial charge in [0.05, 0.1) is 4.47 Å². The van der Waals surface area contributed by atoms with Crippen LogP contribution < -0.4 is 10.1 Å². The van der Waals surface area contributed by atoms with Gasteiger partial charge in [0.15, 0.2) is 6.61 Å². The lowest BCUT2D eigenvalue weighted by atomic mass is 10.3. The van der Waals surface area contributed by atoms with E-state index >= 15 is 0 Å². The number of aromatic nitrogens is 2. The Hall–Kier alpha value is -1.18. The summed E-state index contributed by atoms with van der Waals surface area (Å²) in [6.45, 7) is 1.70. The summed E-state index contributed by atoms with van der Waals surface area (Å²) in [5.74, 6) is 0.256. The summed E-state index contributed by atoms with van der Waals surface area (Å²) in [5, 5.41) is 12.0. The van der Waals surface area contributed by atoms with Crippen molar-refractivity contribution in [3.63, 3.8) is 0 Å². The van der Waals surface area contributed by atoms with E-state index in [2.05, 4.69) is 31.4 Å². The van der Waals surface area contributed by atoms with E-state index in [1.807, 2.05) is 6.92 Å². The number of benzene rings is 1. The van der Waals surface area contributed by atoms with Gasteiger partial charge in [0.2, 0.25) is 5.13 Å². The van der Waals surface area contributed by atoms with Gasteiger partial charge in [-0.3, -0.25) is 10.1 Å². The number of anilines is 1. The van der Waals surface area contributed by atoms with Crippen LogP contribution in [0.25, 0.3) is 0 Å². The molecule has 0 fully saturated rings. The van der Waals surface area contributed by atoms with Crippen LogP contribution >= 0.6 is 38.9 Å². The Morgan fingerprint density at radius 3 is 2.95 bits per heavy atom. The molecule has 0 aliphatic carbocycles. The van der Waals surface area contributed by atoms with Gasteiger partial charge in [-0.2, -0.15) is 0 Å². The highest BCUT2D eigenvalue weighted by Gasteiger charge is 2.08. The Bertz CT molecular complexity index is 605. The van der Waals surface area contributed by atoms with E-state index in [1.54, 1.807) is 18.2 Å². The van der Waals surface area contributed by atoms with Crippen LogP contribution in [-0.4, -0.2) is 22.7 Å². The second kappa shape index (κ2) is 6.31. The minimum Gasteiger partial charge on any atom is -0.483 e. The number of carbonyl (C=O) groups excluding carboxylic acids is 1. The van der Waals surface area contributed by atoms with Gasteiger partial charge in [0.1, 0.15) is 10.8 Å². The zero-order chi connectivity index (χ0) is 13.8. The molecule has 5 nitrogen and oxygen atoms in total. The van der Waals surface area contributed by atoms with Gasteiger partial charge in [-0.15, -0.1) is 10.2 Å². The van der Waals surface area contributed by atoms with Crippen molar-refractivity contribution in [2.75, 3.05) is 11.9 Å². The van der Waals surface area contributed by atoms with Crippen LogP contribution in [0.1, 0.15) is 5.01 Å². The molecule has 1 aromatic carbocycles. The number of ether oxygens (including phenoxy) is 1. The molecule has 1 amide bonds. The lowest BCUT2D eigenvalue weighted by Crippen LogP contribution is -2.20. The first-order valence-electron chi connectivity index (χ1n) is 5.22. The van der Waals surface area contributed by atoms with Gasteiger partial charge in [-0.05, 0) is 41.1 Å². The monoisotopic (exact) mass is 361 g/mol. The molecule has 0 atom stereocenters. The van der Waals surface area contributed by atoms with Gasteiger partial charge in [-0.25, -0.2) is 0 Å². The van der Waals surface area contributed by atoms with E-state index in [0.29, 0.717) is 20.4 Å². The van der Waals surface area contributed by atoms with Crippen molar-refractivity contribution in [1.29, 1.82) is 0 Å². The second-order valence-electron chi connectivity index (χ2n) is 3.54. The molecule has 1 heterocycles. The van der Waals surface area contributed by atoms with E-state index in [-0.39, 0.29) is 12.5 Å². The summed E-state index contributed by atoms with van der Waals surface area (Å²) in [5.41, 5.74) is 0. The van der Waals surface area contributed by atoms with Gasteiger partial charge in [-0.1, -0.05) is 22.9 Å². The largest absolute Gasteiger partial charge is 0.483 e. The van der Waals surface area contributed by atoms with Crippen LogP contribution in [0.15, 0.2) is 22.7 Å². The van der Waals surface area contributed by atoms with Crippen LogP contribution in [0.3, 0.4) is 0 Å². The number of nitrogens with zero attached hydrogens (tertiary/aromatic N) is 2. The molecule has 0 bridgehead atoms. The molecule has 2 aromatic rings. The summed E-state index contributed by atoms with van der Waals surface area (Å²) < 4.78 is 6.07. The smallest absolute Gasteiger partial charge is 0.264 e. The van der Waals surface area contributed by atoms with Gasteiger partial charge >= 0.3 is 0 Å². The fourth-order valence-corrected chi connectivity index (χ4v) is 2.64. The van der Waals surface area contributed by atoms with Crippen LogP contribution in [0.5, 0.6) is 5.75 Å². The molecule has 0 aliphatic heterocycles. The average Bonchev–Trinajstić information content (AvgIpc) is 2.73. The second-order valence-corrected chi connectivity index (χ2v) is 6.01. The molecule has 1 aromatic heterocycles. The molecule has 100 valence electrons. The molecule has 0 saturated heterocycles. The third-order valence-corrected chi connectivity index (χ3v) is 3.63. The normalized spacial score (nSPS) is 10.3. The highest BCUT2D eigenvalue weighted by Crippen LogP contribution is 2.27. The summed E-state index contributed by atoms with van der Waals surface area (Å²) in [7, 11) is 0. The fraction of sp³-hybridized carbons (Fsp3) is 0.182. The van der Waals surface area contributed by atoms with Crippen molar-refractivity contribution in [2.45, 2.75) is 6.92 Å². The summed E-state index contributed by atoms with van der Waals surface area (Å²) >= 11 is 10.4. The fourth-order valence-electron chi connectivity index (χ4n) is 1.24. The SMILES string of the molecule is Cc1nnc(NC(=O)COc2ccc(Cl)cc2Br)s1. The number of halogens is 2. The van der Waals surface area contributed by atoms with Crippen molar-refractivity contribution in [3.8, 4) is 5.75 Å². The van der Waals surface area contributed by atoms with Crippen molar-refractivity contribution in [1.82, 2.24) is 10.2 Å². The zero-order valence-corrected chi connectivity index (χ0v) is 13.0. The number of hydrogen-bond acceptors (Lipinski definition) is 5. The van der Waals surface area contributed by atoms with Crippen LogP contribution in [0.2, 0.25) is 5.02 Å². The molecule has 8 heteroatoms. The zero-order valence-electron chi connectivity index (χ0n) is 9.81. The Kier molecular flexibility index (Phi) is 4.73. The summed E-state index contributed by atoms with van der Waals surface area (Å²) in [4.78, 5) is 11.6. The Labute approximate surface area is 127 Å². The quantitative estimate of drug-likeness (QED) is 0.906. The number of nitrogens with one attached hydrogen (secondary N) is 1. The maximum atomic E-state index is 11.6. The highest BCUT2D eigenvalue weighted by molar-refractivity contribution is 9.10. The highest BCUT2D eigenvalue weighted by atomic mass is 79.9. The van der Waals surface area contributed by atoms with Crippen molar-refractivity contribution in [3.05, 3.63) is 32.7 Å². The first-order chi connectivity index (χ1) is 9.04. The standard InChI is InChI=1S/C11H9BrClN3O2S/c1-6-15-16-11(19-6)14-10(17)5-18-9-3-2-7(13)4-8(9)12/h2-4H,5H2,1H3,(H,14,16,17). The topological polar surface area (TPSA) is 64.1 Å².